The molecule has 0 amide bonds. The monoisotopic (exact) mass is 300 g/mol. The Morgan fingerprint density at radius 3 is 0.400 bits per heavy atom. The SMILES string of the molecule is F.O.O.O.O.O.O.O.[Zn].[Zr]. The molecule has 0 spiro atoms. The van der Waals surface area contributed by atoms with E-state index in [4.69, 9.17) is 0 Å². The largest absolute Gasteiger partial charge is 0.412 e. The van der Waals surface area contributed by atoms with Crippen molar-refractivity contribution in [2.75, 3.05) is 0 Å². The molecule has 0 aromatic carbocycles. The maximum absolute atomic E-state index is 0. The molecule has 0 aromatic heterocycles. The Balaban J connectivity index is 0. The second-order valence-electron chi connectivity index (χ2n) is 0. The normalized spacial score (nSPS) is 0. The summed E-state index contributed by atoms with van der Waals surface area (Å²) in [5.74, 6) is 0. The van der Waals surface area contributed by atoms with Crippen LogP contribution in [0.15, 0.2) is 0 Å². The minimum Gasteiger partial charge on any atom is -0.412 e. The number of hydrogen-bond donors (Lipinski definition) is 0. The maximum atomic E-state index is 0. The van der Waals surface area contributed by atoms with Crippen molar-refractivity contribution < 1.29 is 88.7 Å². The van der Waals surface area contributed by atoms with E-state index in [1.165, 1.54) is 0 Å². The fraction of sp³-hybridized carbons (Fsp3) is 0. The molecule has 14 N–H and O–H groups in total. The Morgan fingerprint density at radius 1 is 0.400 bits per heavy atom. The van der Waals surface area contributed by atoms with Gasteiger partial charge in [-0.2, -0.15) is 0 Å². The van der Waals surface area contributed by atoms with Crippen molar-refractivity contribution in [3.63, 3.8) is 0 Å². The Labute approximate surface area is 88.6 Å². The van der Waals surface area contributed by atoms with Crippen molar-refractivity contribution >= 4 is 0 Å². The molecule has 70 valence electrons. The third-order valence-corrected chi connectivity index (χ3v) is 0. The van der Waals surface area contributed by atoms with E-state index in [9.17, 15) is 0 Å². The number of hydrogen-bond acceptors (Lipinski definition) is 0. The fourth-order valence-electron chi connectivity index (χ4n) is 0. The van der Waals surface area contributed by atoms with Gasteiger partial charge in [0.1, 0.15) is 0 Å². The summed E-state index contributed by atoms with van der Waals surface area (Å²) in [4.78, 5) is 0. The van der Waals surface area contributed by atoms with Gasteiger partial charge in [0.25, 0.3) is 0 Å². The molecule has 0 bridgehead atoms. The van der Waals surface area contributed by atoms with Crippen molar-refractivity contribution in [3.8, 4) is 0 Å². The average Bonchev–Trinajstić information content (AvgIpc) is 0. The van der Waals surface area contributed by atoms with E-state index in [2.05, 4.69) is 0 Å². The molecule has 10 heteroatoms. The summed E-state index contributed by atoms with van der Waals surface area (Å²) < 4.78 is 0. The summed E-state index contributed by atoms with van der Waals surface area (Å²) in [5, 5.41) is 0. The van der Waals surface area contributed by atoms with Gasteiger partial charge >= 0.3 is 0 Å². The second-order valence-corrected chi connectivity index (χ2v) is 0. The summed E-state index contributed by atoms with van der Waals surface area (Å²) in [5.41, 5.74) is 0. The quantitative estimate of drug-likeness (QED) is 0.382. The first-order valence-electron chi connectivity index (χ1n) is 0. The maximum Gasteiger partial charge on any atom is 0 e. The molecule has 0 atom stereocenters. The molecular weight excluding hydrogens is 288 g/mol. The number of halogens is 1. The van der Waals surface area contributed by atoms with Gasteiger partial charge < -0.3 is 38.3 Å². The summed E-state index contributed by atoms with van der Waals surface area (Å²) in [6.45, 7) is 0. The van der Waals surface area contributed by atoms with E-state index in [-0.39, 0.29) is 88.7 Å². The van der Waals surface area contributed by atoms with Crippen molar-refractivity contribution in [2.24, 2.45) is 0 Å². The van der Waals surface area contributed by atoms with E-state index in [0.29, 0.717) is 0 Å². The number of rotatable bonds is 0. The Morgan fingerprint density at radius 2 is 0.400 bits per heavy atom. The molecule has 0 aromatic rings. The zero-order chi connectivity index (χ0) is 0. The van der Waals surface area contributed by atoms with E-state index >= 15 is 0 Å². The van der Waals surface area contributed by atoms with E-state index in [1.54, 1.807) is 0 Å². The molecule has 0 aliphatic heterocycles. The summed E-state index contributed by atoms with van der Waals surface area (Å²) in [6, 6.07) is 0. The van der Waals surface area contributed by atoms with Crippen LogP contribution >= 0.6 is 0 Å². The minimum absolute atomic E-state index is 0. The van der Waals surface area contributed by atoms with Crippen molar-refractivity contribution in [1.29, 1.82) is 0 Å². The molecule has 0 aliphatic carbocycles. The minimum atomic E-state index is 0. The van der Waals surface area contributed by atoms with Crippen molar-refractivity contribution in [2.45, 2.75) is 0 Å². The first-order chi connectivity index (χ1) is 0. The van der Waals surface area contributed by atoms with Gasteiger partial charge in [-0.15, -0.1) is 0 Å². The van der Waals surface area contributed by atoms with Crippen LogP contribution in [0.5, 0.6) is 0 Å². The van der Waals surface area contributed by atoms with Gasteiger partial charge in [-0.3, -0.25) is 4.70 Å². The summed E-state index contributed by atoms with van der Waals surface area (Å²) >= 11 is 0. The Bertz CT molecular complexity index is 13.6. The summed E-state index contributed by atoms with van der Waals surface area (Å²) in [7, 11) is 0. The Hall–Kier alpha value is 1.16. The third kappa shape index (κ3) is 455. The first-order valence-corrected chi connectivity index (χ1v) is 0. The van der Waals surface area contributed by atoms with Crippen LogP contribution in [0.3, 0.4) is 0 Å². The molecule has 0 fully saturated rings. The smallest absolute Gasteiger partial charge is 0 e. The van der Waals surface area contributed by atoms with Crippen molar-refractivity contribution in [3.05, 3.63) is 0 Å². The van der Waals surface area contributed by atoms with Crippen LogP contribution in [0.1, 0.15) is 0 Å². The van der Waals surface area contributed by atoms with Gasteiger partial charge in [0.15, 0.2) is 0 Å². The molecular formula is H15FO7ZnZr. The molecule has 0 saturated heterocycles. The van der Waals surface area contributed by atoms with Gasteiger partial charge in [-0.1, -0.05) is 0 Å². The predicted octanol–water partition coefficient (Wildman–Crippen LogP) is -5.63. The topological polar surface area (TPSA) is 220 Å². The average molecular weight is 303 g/mol. The van der Waals surface area contributed by atoms with Gasteiger partial charge in [-0.25, -0.2) is 0 Å². The van der Waals surface area contributed by atoms with Gasteiger partial charge in [0, 0.05) is 45.7 Å². The van der Waals surface area contributed by atoms with Crippen LogP contribution in [0, 0.1) is 0 Å². The molecule has 0 heterocycles. The first kappa shape index (κ1) is 860. The van der Waals surface area contributed by atoms with Crippen LogP contribution in [0.4, 0.5) is 4.70 Å². The molecule has 0 unspecified atom stereocenters. The summed E-state index contributed by atoms with van der Waals surface area (Å²) in [6.07, 6.45) is 0. The molecule has 0 rings (SSSR count). The predicted molar refractivity (Wildman–Crippen MR) is 27.8 cm³/mol. The van der Waals surface area contributed by atoms with Crippen LogP contribution in [0.2, 0.25) is 0 Å². The molecule has 10 heavy (non-hydrogen) atoms. The standard InChI is InChI=1S/FH.7H2O.Zn.Zr/h1H;7*1H2;;. The van der Waals surface area contributed by atoms with Crippen LogP contribution in [-0.4, -0.2) is 38.3 Å². The Kier molecular flexibility index (Phi) is 54800. The van der Waals surface area contributed by atoms with E-state index in [0.717, 1.165) is 0 Å². The zero-order valence-corrected chi connectivity index (χ0v) is 10.5. The third-order valence-electron chi connectivity index (χ3n) is 0. The second kappa shape index (κ2) is 637. The molecule has 7 nitrogen and oxygen atoms in total. The molecule has 0 radical (unpaired) electrons. The van der Waals surface area contributed by atoms with Crippen molar-refractivity contribution in [1.82, 2.24) is 0 Å². The zero-order valence-electron chi connectivity index (χ0n) is 5.12. The van der Waals surface area contributed by atoms with E-state index in [1.807, 2.05) is 0 Å². The van der Waals surface area contributed by atoms with E-state index < -0.39 is 0 Å². The molecule has 0 saturated carbocycles. The van der Waals surface area contributed by atoms with Gasteiger partial charge in [-0.05, 0) is 0 Å². The van der Waals surface area contributed by atoms with Crippen LogP contribution in [0.25, 0.3) is 0 Å². The van der Waals surface area contributed by atoms with Gasteiger partial charge in [0.05, 0.1) is 0 Å². The molecule has 0 aliphatic rings. The van der Waals surface area contributed by atoms with Crippen LogP contribution < -0.4 is 0 Å². The van der Waals surface area contributed by atoms with Gasteiger partial charge in [0.2, 0.25) is 0 Å². The van der Waals surface area contributed by atoms with Crippen LogP contribution in [-0.2, 0) is 45.7 Å². The fourth-order valence-corrected chi connectivity index (χ4v) is 0.